The lowest BCUT2D eigenvalue weighted by Crippen LogP contribution is -2.49. The first-order valence-corrected chi connectivity index (χ1v) is 9.22. The second-order valence-corrected chi connectivity index (χ2v) is 7.58. The number of halogens is 1. The normalized spacial score (nSPS) is 12.6. The molecular formula is C16H15BrNO5S-. The van der Waals surface area contributed by atoms with Crippen LogP contribution in [0.2, 0.25) is 0 Å². The summed E-state index contributed by atoms with van der Waals surface area (Å²) in [5.74, 6) is -1.39. The maximum atomic E-state index is 12.6. The number of benzene rings is 2. The van der Waals surface area contributed by atoms with E-state index in [0.717, 1.165) is 0 Å². The fraction of sp³-hybridized carbons (Fsp3) is 0.188. The number of aliphatic carboxylic acids is 1. The fourth-order valence-electron chi connectivity index (χ4n) is 2.13. The lowest BCUT2D eigenvalue weighted by atomic mass is 10.1. The number of carboxylic acid groups (broad SMARTS) is 1. The van der Waals surface area contributed by atoms with Crippen LogP contribution in [0.4, 0.5) is 0 Å². The highest BCUT2D eigenvalue weighted by Crippen LogP contribution is 2.27. The van der Waals surface area contributed by atoms with Gasteiger partial charge in [-0.1, -0.05) is 46.3 Å². The summed E-state index contributed by atoms with van der Waals surface area (Å²) in [4.78, 5) is 11.2. The highest BCUT2D eigenvalue weighted by atomic mass is 79.9. The quantitative estimate of drug-likeness (QED) is 0.734. The molecule has 0 fully saturated rings. The first kappa shape index (κ1) is 18.4. The molecule has 1 N–H and O–H groups in total. The molecule has 0 aromatic heterocycles. The van der Waals surface area contributed by atoms with E-state index < -0.39 is 22.0 Å². The summed E-state index contributed by atoms with van der Waals surface area (Å²) in [5, 5.41) is 11.4. The van der Waals surface area contributed by atoms with Crippen molar-refractivity contribution in [2.45, 2.75) is 17.4 Å². The summed E-state index contributed by atoms with van der Waals surface area (Å²) in [6.45, 7) is 0. The lowest BCUT2D eigenvalue weighted by Gasteiger charge is -2.20. The van der Waals surface area contributed by atoms with Crippen LogP contribution < -0.4 is 14.6 Å². The molecule has 2 rings (SSSR count). The number of nitrogens with one attached hydrogen (secondary N) is 1. The summed E-state index contributed by atoms with van der Waals surface area (Å²) in [6.07, 6.45) is -0.0290. The maximum absolute atomic E-state index is 12.6. The Kier molecular flexibility index (Phi) is 5.98. The van der Waals surface area contributed by atoms with E-state index in [1.54, 1.807) is 36.4 Å². The Balaban J connectivity index is 2.31. The van der Waals surface area contributed by atoms with Gasteiger partial charge >= 0.3 is 0 Å². The molecule has 24 heavy (non-hydrogen) atoms. The fourth-order valence-corrected chi connectivity index (χ4v) is 4.03. The average molecular weight is 413 g/mol. The summed E-state index contributed by atoms with van der Waals surface area (Å²) in [6, 6.07) is 11.7. The van der Waals surface area contributed by atoms with Crippen LogP contribution in [-0.4, -0.2) is 27.5 Å². The molecule has 0 heterocycles. The van der Waals surface area contributed by atoms with Crippen LogP contribution in [0.5, 0.6) is 5.75 Å². The zero-order valence-electron chi connectivity index (χ0n) is 12.7. The van der Waals surface area contributed by atoms with Crippen LogP contribution >= 0.6 is 15.9 Å². The molecule has 0 unspecified atom stereocenters. The number of sulfonamides is 1. The Bertz CT molecular complexity index is 824. The van der Waals surface area contributed by atoms with Crippen LogP contribution in [0.25, 0.3) is 0 Å². The highest BCUT2D eigenvalue weighted by molar-refractivity contribution is 9.10. The molecule has 0 aliphatic rings. The number of hydrogen-bond donors (Lipinski definition) is 1. The minimum atomic E-state index is -4.12. The molecule has 0 bridgehead atoms. The van der Waals surface area contributed by atoms with E-state index in [2.05, 4.69) is 20.7 Å². The van der Waals surface area contributed by atoms with Gasteiger partial charge in [-0.05, 0) is 30.2 Å². The number of carbonyl (C=O) groups excluding carboxylic acids is 1. The third-order valence-corrected chi connectivity index (χ3v) is 5.27. The van der Waals surface area contributed by atoms with Gasteiger partial charge in [-0.25, -0.2) is 13.1 Å². The van der Waals surface area contributed by atoms with E-state index in [0.29, 0.717) is 10.0 Å². The Hall–Kier alpha value is -1.90. The number of carboxylic acids is 1. The van der Waals surface area contributed by atoms with E-state index in [9.17, 15) is 18.3 Å². The van der Waals surface area contributed by atoms with Crippen molar-refractivity contribution >= 4 is 31.9 Å². The minimum Gasteiger partial charge on any atom is -0.548 e. The molecule has 0 amide bonds. The smallest absolute Gasteiger partial charge is 0.244 e. The van der Waals surface area contributed by atoms with Crippen LogP contribution in [0, 0.1) is 0 Å². The van der Waals surface area contributed by atoms with Gasteiger partial charge in [-0.2, -0.15) is 0 Å². The molecule has 1 atom stereocenters. The Morgan fingerprint density at radius 3 is 2.50 bits per heavy atom. The number of methoxy groups -OCH3 is 1. The van der Waals surface area contributed by atoms with Crippen molar-refractivity contribution in [3.05, 3.63) is 58.6 Å². The van der Waals surface area contributed by atoms with Gasteiger partial charge in [0.05, 0.1) is 19.1 Å². The van der Waals surface area contributed by atoms with Gasteiger partial charge in [0.1, 0.15) is 10.6 Å². The first-order chi connectivity index (χ1) is 11.3. The standard InChI is InChI=1S/C16H16BrNO5S/c1-23-14-8-7-12(17)10-15(14)24(21,22)18-13(16(19)20)9-11-5-3-2-4-6-11/h2-8,10,13,18H,9H2,1H3,(H,19,20)/p-1/t13-/m0/s1. The van der Waals surface area contributed by atoms with Crippen molar-refractivity contribution in [2.75, 3.05) is 7.11 Å². The molecule has 2 aromatic rings. The lowest BCUT2D eigenvalue weighted by molar-refractivity contribution is -0.307. The van der Waals surface area contributed by atoms with E-state index >= 15 is 0 Å². The Morgan fingerprint density at radius 2 is 1.92 bits per heavy atom. The molecule has 0 radical (unpaired) electrons. The van der Waals surface area contributed by atoms with Crippen LogP contribution in [0.15, 0.2) is 57.9 Å². The van der Waals surface area contributed by atoms with Crippen LogP contribution in [0.3, 0.4) is 0 Å². The van der Waals surface area contributed by atoms with Gasteiger partial charge in [-0.3, -0.25) is 0 Å². The highest BCUT2D eigenvalue weighted by Gasteiger charge is 2.24. The summed E-state index contributed by atoms with van der Waals surface area (Å²) in [5.41, 5.74) is 0.676. The molecule has 8 heteroatoms. The molecule has 0 aliphatic heterocycles. The zero-order valence-corrected chi connectivity index (χ0v) is 15.1. The van der Waals surface area contributed by atoms with E-state index in [4.69, 9.17) is 4.74 Å². The molecular weight excluding hydrogens is 398 g/mol. The van der Waals surface area contributed by atoms with Crippen molar-refractivity contribution in [3.8, 4) is 5.75 Å². The summed E-state index contributed by atoms with van der Waals surface area (Å²) in [7, 11) is -2.78. The topological polar surface area (TPSA) is 95.5 Å². The van der Waals surface area contributed by atoms with Gasteiger partial charge in [0, 0.05) is 4.47 Å². The number of carbonyl (C=O) groups is 1. The Labute approximate surface area is 148 Å². The molecule has 0 saturated heterocycles. The Morgan fingerprint density at radius 1 is 1.25 bits per heavy atom. The molecule has 6 nitrogen and oxygen atoms in total. The van der Waals surface area contributed by atoms with Crippen LogP contribution in [-0.2, 0) is 21.2 Å². The molecule has 2 aromatic carbocycles. The first-order valence-electron chi connectivity index (χ1n) is 6.94. The SMILES string of the molecule is COc1ccc(Br)cc1S(=O)(=O)N[C@@H](Cc1ccccc1)C(=O)[O-]. The van der Waals surface area contributed by atoms with E-state index in [1.807, 2.05) is 0 Å². The monoisotopic (exact) mass is 412 g/mol. The third-order valence-electron chi connectivity index (χ3n) is 3.28. The molecule has 0 aliphatic carbocycles. The van der Waals surface area contributed by atoms with Gasteiger partial charge in [0.2, 0.25) is 10.0 Å². The van der Waals surface area contributed by atoms with Gasteiger partial charge < -0.3 is 14.6 Å². The minimum absolute atomic E-state index is 0.0290. The number of ether oxygens (including phenoxy) is 1. The van der Waals surface area contributed by atoms with Crippen LogP contribution in [0.1, 0.15) is 5.56 Å². The number of rotatable bonds is 7. The largest absolute Gasteiger partial charge is 0.548 e. The summed E-state index contributed by atoms with van der Waals surface area (Å²) >= 11 is 3.19. The van der Waals surface area contributed by atoms with Crippen molar-refractivity contribution in [1.29, 1.82) is 0 Å². The van der Waals surface area contributed by atoms with Gasteiger partial charge in [0.25, 0.3) is 0 Å². The number of hydrogen-bond acceptors (Lipinski definition) is 5. The molecule has 128 valence electrons. The van der Waals surface area contributed by atoms with Gasteiger partial charge in [-0.15, -0.1) is 0 Å². The second kappa shape index (κ2) is 7.78. The van der Waals surface area contributed by atoms with Crippen molar-refractivity contribution in [2.24, 2.45) is 0 Å². The molecule has 0 saturated carbocycles. The van der Waals surface area contributed by atoms with E-state index in [1.165, 1.54) is 19.2 Å². The van der Waals surface area contributed by atoms with E-state index in [-0.39, 0.29) is 17.1 Å². The van der Waals surface area contributed by atoms with Crippen molar-refractivity contribution in [3.63, 3.8) is 0 Å². The zero-order chi connectivity index (χ0) is 17.7. The third kappa shape index (κ3) is 4.56. The molecule has 0 spiro atoms. The van der Waals surface area contributed by atoms with Crippen molar-refractivity contribution in [1.82, 2.24) is 4.72 Å². The summed E-state index contributed by atoms with van der Waals surface area (Å²) < 4.78 is 32.9. The van der Waals surface area contributed by atoms with Gasteiger partial charge in [0.15, 0.2) is 0 Å². The predicted molar refractivity (Wildman–Crippen MR) is 90.0 cm³/mol. The second-order valence-electron chi connectivity index (χ2n) is 4.98. The predicted octanol–water partition coefficient (Wildman–Crippen LogP) is 1.10. The maximum Gasteiger partial charge on any atom is 0.244 e. The van der Waals surface area contributed by atoms with Crippen molar-refractivity contribution < 1.29 is 23.1 Å². The average Bonchev–Trinajstić information content (AvgIpc) is 2.55.